The van der Waals surface area contributed by atoms with Gasteiger partial charge >= 0.3 is 0 Å². The number of ether oxygens (including phenoxy) is 3. The second-order valence-electron chi connectivity index (χ2n) is 12.2. The summed E-state index contributed by atoms with van der Waals surface area (Å²) in [5.41, 5.74) is 1.10. The minimum absolute atomic E-state index is 0.0279. The Balaban J connectivity index is 1.29. The first kappa shape index (κ1) is 36.7. The first-order valence-electron chi connectivity index (χ1n) is 16.7. The Morgan fingerprint density at radius 3 is 2.37 bits per heavy atom. The number of hydrogen-bond acceptors (Lipinski definition) is 7. The van der Waals surface area contributed by atoms with Crippen LogP contribution in [0.15, 0.2) is 103 Å². The Labute approximate surface area is 302 Å². The molecule has 0 aromatic heterocycles. The minimum atomic E-state index is -1.09. The van der Waals surface area contributed by atoms with Crippen molar-refractivity contribution >= 4 is 35.2 Å². The fourth-order valence-corrected chi connectivity index (χ4v) is 5.55. The van der Waals surface area contributed by atoms with Crippen LogP contribution in [0.4, 0.5) is 0 Å². The zero-order valence-electron chi connectivity index (χ0n) is 28.5. The summed E-state index contributed by atoms with van der Waals surface area (Å²) in [6.07, 6.45) is 0.129. The normalized spacial score (nSPS) is 17.7. The van der Waals surface area contributed by atoms with Gasteiger partial charge < -0.3 is 35.1 Å². The van der Waals surface area contributed by atoms with Crippen molar-refractivity contribution in [3.8, 4) is 23.0 Å². The number of halogens is 1. The van der Waals surface area contributed by atoms with Crippen LogP contribution in [-0.2, 0) is 20.8 Å². The maximum Gasteiger partial charge on any atom is 0.255 e. The van der Waals surface area contributed by atoms with Crippen molar-refractivity contribution in [2.24, 2.45) is 0 Å². The summed E-state index contributed by atoms with van der Waals surface area (Å²) in [4.78, 5) is 55.5. The molecule has 266 valence electrons. The van der Waals surface area contributed by atoms with Gasteiger partial charge in [-0.1, -0.05) is 66.2 Å². The Hall–Kier alpha value is -5.55. The summed E-state index contributed by atoms with van der Waals surface area (Å²) >= 11 is 6.00. The molecule has 4 amide bonds. The molecule has 0 saturated heterocycles. The van der Waals surface area contributed by atoms with Crippen molar-refractivity contribution in [1.82, 2.24) is 20.9 Å². The molecule has 0 fully saturated rings. The smallest absolute Gasteiger partial charge is 0.255 e. The molecule has 5 rings (SSSR count). The second-order valence-corrected chi connectivity index (χ2v) is 12.6. The number of hydrogen-bond donors (Lipinski definition) is 3. The van der Waals surface area contributed by atoms with Crippen LogP contribution in [0.1, 0.15) is 35.7 Å². The summed E-state index contributed by atoms with van der Waals surface area (Å²) in [7, 11) is 1.64. The number of para-hydroxylation sites is 3. The van der Waals surface area contributed by atoms with E-state index >= 15 is 0 Å². The van der Waals surface area contributed by atoms with Crippen LogP contribution in [0, 0.1) is 0 Å². The molecular formula is C39H41ClN4O7. The van der Waals surface area contributed by atoms with E-state index in [0.717, 1.165) is 5.56 Å². The van der Waals surface area contributed by atoms with Gasteiger partial charge in [0.2, 0.25) is 17.7 Å². The molecule has 51 heavy (non-hydrogen) atoms. The number of benzene rings is 4. The van der Waals surface area contributed by atoms with E-state index < -0.39 is 35.8 Å². The van der Waals surface area contributed by atoms with E-state index in [1.807, 2.05) is 42.5 Å². The number of carbonyl (C=O) groups is 4. The Kier molecular flexibility index (Phi) is 12.9. The molecule has 0 saturated carbocycles. The lowest BCUT2D eigenvalue weighted by Crippen LogP contribution is -2.51. The summed E-state index contributed by atoms with van der Waals surface area (Å²) in [6, 6.07) is 27.7. The maximum atomic E-state index is 13.7. The van der Waals surface area contributed by atoms with Crippen molar-refractivity contribution in [2.45, 2.75) is 44.3 Å². The Morgan fingerprint density at radius 1 is 0.922 bits per heavy atom. The Bertz CT molecular complexity index is 1810. The topological polar surface area (TPSA) is 135 Å². The first-order valence-corrected chi connectivity index (χ1v) is 17.1. The quantitative estimate of drug-likeness (QED) is 0.218. The molecule has 0 unspecified atom stereocenters. The highest BCUT2D eigenvalue weighted by molar-refractivity contribution is 6.30. The lowest BCUT2D eigenvalue weighted by atomic mass is 10.0. The van der Waals surface area contributed by atoms with E-state index in [4.69, 9.17) is 25.8 Å². The summed E-state index contributed by atoms with van der Waals surface area (Å²) in [6.45, 7) is 2.18. The fraction of sp³-hybridized carbons (Fsp3) is 0.282. The molecule has 1 heterocycles. The van der Waals surface area contributed by atoms with Gasteiger partial charge in [0.05, 0.1) is 18.2 Å². The van der Waals surface area contributed by atoms with Gasteiger partial charge in [-0.25, -0.2) is 0 Å². The van der Waals surface area contributed by atoms with E-state index in [1.165, 1.54) is 4.90 Å². The molecule has 4 aromatic carbocycles. The van der Waals surface area contributed by atoms with Gasteiger partial charge in [0, 0.05) is 24.9 Å². The largest absolute Gasteiger partial charge is 0.491 e. The molecule has 0 spiro atoms. The molecule has 12 heteroatoms. The molecule has 3 atom stereocenters. The van der Waals surface area contributed by atoms with Crippen LogP contribution >= 0.6 is 11.6 Å². The molecule has 11 nitrogen and oxygen atoms in total. The number of nitrogens with one attached hydrogen (secondary N) is 3. The Morgan fingerprint density at radius 2 is 1.61 bits per heavy atom. The van der Waals surface area contributed by atoms with E-state index in [-0.39, 0.29) is 50.5 Å². The predicted octanol–water partition coefficient (Wildman–Crippen LogP) is 5.17. The number of amides is 4. The summed E-state index contributed by atoms with van der Waals surface area (Å²) in [5.74, 6) is 0.0871. The number of nitrogens with zero attached hydrogens (tertiary/aromatic N) is 1. The molecule has 0 aliphatic carbocycles. The van der Waals surface area contributed by atoms with Gasteiger partial charge in [-0.3, -0.25) is 19.2 Å². The van der Waals surface area contributed by atoms with Crippen LogP contribution in [0.2, 0.25) is 5.02 Å². The molecule has 1 aliphatic rings. The second kappa shape index (κ2) is 17.9. The van der Waals surface area contributed by atoms with Crippen LogP contribution in [-0.4, -0.2) is 73.5 Å². The minimum Gasteiger partial charge on any atom is -0.491 e. The van der Waals surface area contributed by atoms with E-state index in [2.05, 4.69) is 16.0 Å². The van der Waals surface area contributed by atoms with Crippen LogP contribution in [0.3, 0.4) is 0 Å². The van der Waals surface area contributed by atoms with Gasteiger partial charge in [0.15, 0.2) is 11.5 Å². The standard InChI is InChI=1S/C39H41ClN4O7/c1-26(25-50-34-14-8-9-15-35(34)51-29-18-16-28(40)17-19-29)41-38(47)31-20-21-36(45)42-32(24-27-10-4-3-5-11-27)39(48)44(2)22-23-49-33-13-7-6-12-30(33)37(46)43-31/h3-19,26,31-32H,20-25H2,1-2H3,(H,41,47)(H,42,45)(H,43,46)/t26-,31+,32+/m1/s1. The van der Waals surface area contributed by atoms with E-state index in [9.17, 15) is 19.2 Å². The number of likely N-dealkylation sites (N-methyl/N-ethyl adjacent to an activating group) is 1. The van der Waals surface area contributed by atoms with Gasteiger partial charge in [-0.05, 0) is 67.4 Å². The van der Waals surface area contributed by atoms with Crippen molar-refractivity contribution in [3.63, 3.8) is 0 Å². The predicted molar refractivity (Wildman–Crippen MR) is 193 cm³/mol. The molecule has 1 aliphatic heterocycles. The van der Waals surface area contributed by atoms with E-state index in [0.29, 0.717) is 28.0 Å². The van der Waals surface area contributed by atoms with Crippen molar-refractivity contribution < 1.29 is 33.4 Å². The summed E-state index contributed by atoms with van der Waals surface area (Å²) < 4.78 is 17.9. The highest BCUT2D eigenvalue weighted by atomic mass is 35.5. The highest BCUT2D eigenvalue weighted by Crippen LogP contribution is 2.32. The number of carbonyl (C=O) groups excluding carboxylic acids is 4. The van der Waals surface area contributed by atoms with Crippen LogP contribution in [0.25, 0.3) is 0 Å². The fourth-order valence-electron chi connectivity index (χ4n) is 5.43. The monoisotopic (exact) mass is 712 g/mol. The average molecular weight is 713 g/mol. The van der Waals surface area contributed by atoms with Gasteiger partial charge in [0.25, 0.3) is 5.91 Å². The van der Waals surface area contributed by atoms with Crippen LogP contribution in [0.5, 0.6) is 23.0 Å². The maximum absolute atomic E-state index is 13.7. The van der Waals surface area contributed by atoms with Gasteiger partial charge in [-0.2, -0.15) is 0 Å². The third-order valence-corrected chi connectivity index (χ3v) is 8.41. The number of fused-ring (bicyclic) bond motifs is 1. The lowest BCUT2D eigenvalue weighted by molar-refractivity contribution is -0.135. The highest BCUT2D eigenvalue weighted by Gasteiger charge is 2.28. The molecular weight excluding hydrogens is 672 g/mol. The molecule has 0 radical (unpaired) electrons. The van der Waals surface area contributed by atoms with Crippen LogP contribution < -0.4 is 30.2 Å². The average Bonchev–Trinajstić information content (AvgIpc) is 3.13. The first-order chi connectivity index (χ1) is 24.7. The molecule has 3 N–H and O–H groups in total. The third-order valence-electron chi connectivity index (χ3n) is 8.16. The molecule has 4 aromatic rings. The SMILES string of the molecule is C[C@H](COc1ccccc1Oc1ccc(Cl)cc1)NC(=O)[C@@H]1CCC(=O)N[C@@H](Cc2ccccc2)C(=O)N(C)CCOc2ccccc2C(=O)N1. The third kappa shape index (κ3) is 10.7. The lowest BCUT2D eigenvalue weighted by Gasteiger charge is -2.25. The number of rotatable bonds is 9. The molecule has 0 bridgehead atoms. The van der Waals surface area contributed by atoms with Gasteiger partial charge in [-0.15, -0.1) is 0 Å². The van der Waals surface area contributed by atoms with Crippen molar-refractivity contribution in [1.29, 1.82) is 0 Å². The zero-order chi connectivity index (χ0) is 36.2. The van der Waals surface area contributed by atoms with Gasteiger partial charge in [0.1, 0.15) is 36.8 Å². The van der Waals surface area contributed by atoms with E-state index in [1.54, 1.807) is 74.6 Å². The van der Waals surface area contributed by atoms with Crippen molar-refractivity contribution in [2.75, 3.05) is 26.8 Å². The van der Waals surface area contributed by atoms with Crippen molar-refractivity contribution in [3.05, 3.63) is 119 Å². The zero-order valence-corrected chi connectivity index (χ0v) is 29.2. The summed E-state index contributed by atoms with van der Waals surface area (Å²) in [5, 5.41) is 9.13.